The maximum Gasteiger partial charge on any atom is 0.471 e. The standard InChI is InChI=1S/C21H28F3NO3/c1-4-10-20(28,11-5-2)12-9-16-7-6-8-17(13-16)18(26)15(3)14-25-19(27)21(22,23)24/h6-8,13,15,18,26,28H,4-5,10-11,14H2,1-3H3,(H,25,27). The summed E-state index contributed by atoms with van der Waals surface area (Å²) in [6.45, 7) is 5.17. The van der Waals surface area contributed by atoms with E-state index in [2.05, 4.69) is 11.8 Å². The molecule has 0 heterocycles. The van der Waals surface area contributed by atoms with Crippen molar-refractivity contribution >= 4 is 5.91 Å². The van der Waals surface area contributed by atoms with Gasteiger partial charge in [0, 0.05) is 18.0 Å². The van der Waals surface area contributed by atoms with Gasteiger partial charge in [-0.05, 0) is 30.5 Å². The lowest BCUT2D eigenvalue weighted by molar-refractivity contribution is -0.173. The smallest absolute Gasteiger partial charge is 0.388 e. The van der Waals surface area contributed by atoms with E-state index < -0.39 is 29.7 Å². The molecule has 0 aliphatic heterocycles. The van der Waals surface area contributed by atoms with Gasteiger partial charge in [0.25, 0.3) is 0 Å². The Morgan fingerprint density at radius 2 is 1.82 bits per heavy atom. The summed E-state index contributed by atoms with van der Waals surface area (Å²) in [6.07, 6.45) is -3.30. The van der Waals surface area contributed by atoms with Crippen LogP contribution in [-0.2, 0) is 4.79 Å². The molecule has 0 fully saturated rings. The second-order valence-corrected chi connectivity index (χ2v) is 7.04. The largest absolute Gasteiger partial charge is 0.471 e. The van der Waals surface area contributed by atoms with E-state index >= 15 is 0 Å². The second-order valence-electron chi connectivity index (χ2n) is 7.04. The Bertz CT molecular complexity index is 701. The molecular formula is C21H28F3NO3. The summed E-state index contributed by atoms with van der Waals surface area (Å²) in [6, 6.07) is 6.69. The third kappa shape index (κ3) is 7.53. The number of hydrogen-bond donors (Lipinski definition) is 3. The van der Waals surface area contributed by atoms with Gasteiger partial charge in [-0.3, -0.25) is 4.79 Å². The lowest BCUT2D eigenvalue weighted by Gasteiger charge is -2.21. The summed E-state index contributed by atoms with van der Waals surface area (Å²) in [5.74, 6) is 3.17. The number of aliphatic hydroxyl groups excluding tert-OH is 1. The number of carbonyl (C=O) groups is 1. The summed E-state index contributed by atoms with van der Waals surface area (Å²) >= 11 is 0. The molecule has 0 saturated carbocycles. The number of nitrogens with one attached hydrogen (secondary N) is 1. The number of amides is 1. The van der Waals surface area contributed by atoms with Gasteiger partial charge in [-0.25, -0.2) is 0 Å². The molecule has 1 amide bonds. The van der Waals surface area contributed by atoms with Crippen LogP contribution in [0.25, 0.3) is 0 Å². The van der Waals surface area contributed by atoms with E-state index in [0.29, 0.717) is 24.0 Å². The molecular weight excluding hydrogens is 371 g/mol. The topological polar surface area (TPSA) is 69.6 Å². The predicted octanol–water partition coefficient (Wildman–Crippen LogP) is 3.72. The van der Waals surface area contributed by atoms with Gasteiger partial charge >= 0.3 is 12.1 Å². The molecule has 1 rings (SSSR count). The zero-order valence-corrected chi connectivity index (χ0v) is 16.4. The molecule has 0 bridgehead atoms. The van der Waals surface area contributed by atoms with Gasteiger partial charge < -0.3 is 15.5 Å². The van der Waals surface area contributed by atoms with Crippen molar-refractivity contribution in [1.29, 1.82) is 0 Å². The molecule has 2 unspecified atom stereocenters. The number of hydrogen-bond acceptors (Lipinski definition) is 3. The van der Waals surface area contributed by atoms with Crippen molar-refractivity contribution in [2.75, 3.05) is 6.54 Å². The molecule has 0 spiro atoms. The minimum atomic E-state index is -4.95. The maximum absolute atomic E-state index is 12.3. The SMILES string of the molecule is CCCC(O)(C#Cc1cccc(C(O)C(C)CNC(=O)C(F)(F)F)c1)CCC. The number of rotatable bonds is 8. The summed E-state index contributed by atoms with van der Waals surface area (Å²) in [7, 11) is 0. The highest BCUT2D eigenvalue weighted by molar-refractivity contribution is 5.81. The van der Waals surface area contributed by atoms with Crippen molar-refractivity contribution in [2.45, 2.75) is 64.3 Å². The molecule has 0 radical (unpaired) electrons. The number of halogens is 3. The van der Waals surface area contributed by atoms with Crippen LogP contribution >= 0.6 is 0 Å². The summed E-state index contributed by atoms with van der Waals surface area (Å²) in [5.41, 5.74) is 0.0107. The molecule has 0 aromatic heterocycles. The van der Waals surface area contributed by atoms with Crippen molar-refractivity contribution in [2.24, 2.45) is 5.92 Å². The number of aliphatic hydroxyl groups is 2. The minimum Gasteiger partial charge on any atom is -0.388 e. The van der Waals surface area contributed by atoms with E-state index in [1.807, 2.05) is 13.8 Å². The van der Waals surface area contributed by atoms with Crippen LogP contribution in [0.15, 0.2) is 24.3 Å². The maximum atomic E-state index is 12.3. The Hall–Kier alpha value is -2.04. The summed E-state index contributed by atoms with van der Waals surface area (Å²) < 4.78 is 36.8. The Kier molecular flexibility index (Phi) is 8.99. The predicted molar refractivity (Wildman–Crippen MR) is 101 cm³/mol. The summed E-state index contributed by atoms with van der Waals surface area (Å²) in [5, 5.41) is 22.7. The third-order valence-electron chi connectivity index (χ3n) is 4.38. The van der Waals surface area contributed by atoms with E-state index in [0.717, 1.165) is 12.8 Å². The summed E-state index contributed by atoms with van der Waals surface area (Å²) in [4.78, 5) is 10.9. The zero-order chi connectivity index (χ0) is 21.4. The fourth-order valence-electron chi connectivity index (χ4n) is 2.86. The molecule has 0 saturated heterocycles. The van der Waals surface area contributed by atoms with E-state index in [1.54, 1.807) is 36.5 Å². The van der Waals surface area contributed by atoms with Crippen molar-refractivity contribution in [3.05, 3.63) is 35.4 Å². The van der Waals surface area contributed by atoms with Crippen LogP contribution in [0.3, 0.4) is 0 Å². The van der Waals surface area contributed by atoms with Crippen LogP contribution in [0.1, 0.15) is 63.7 Å². The van der Waals surface area contributed by atoms with Crippen molar-refractivity contribution in [1.82, 2.24) is 5.32 Å². The van der Waals surface area contributed by atoms with Gasteiger partial charge in [-0.1, -0.05) is 57.6 Å². The van der Waals surface area contributed by atoms with Crippen LogP contribution in [0, 0.1) is 17.8 Å². The van der Waals surface area contributed by atoms with Crippen LogP contribution in [0.2, 0.25) is 0 Å². The van der Waals surface area contributed by atoms with Gasteiger partial charge in [0.05, 0.1) is 6.10 Å². The van der Waals surface area contributed by atoms with Crippen molar-refractivity contribution < 1.29 is 28.2 Å². The highest BCUT2D eigenvalue weighted by Gasteiger charge is 2.38. The number of carbonyl (C=O) groups excluding carboxylic acids is 1. The first kappa shape index (κ1) is 24.0. The normalized spacial score (nSPS) is 14.0. The van der Waals surface area contributed by atoms with Crippen LogP contribution in [0.4, 0.5) is 13.2 Å². The first-order valence-corrected chi connectivity index (χ1v) is 9.41. The first-order valence-electron chi connectivity index (χ1n) is 9.41. The zero-order valence-electron chi connectivity index (χ0n) is 16.4. The highest BCUT2D eigenvalue weighted by atomic mass is 19.4. The van der Waals surface area contributed by atoms with Gasteiger partial charge in [0.15, 0.2) is 0 Å². The molecule has 7 heteroatoms. The van der Waals surface area contributed by atoms with E-state index in [-0.39, 0.29) is 6.54 Å². The Morgan fingerprint density at radius 1 is 1.21 bits per heavy atom. The van der Waals surface area contributed by atoms with E-state index in [9.17, 15) is 28.2 Å². The van der Waals surface area contributed by atoms with Gasteiger partial charge in [-0.2, -0.15) is 13.2 Å². The van der Waals surface area contributed by atoms with Crippen LogP contribution in [-0.4, -0.2) is 34.4 Å². The lowest BCUT2D eigenvalue weighted by Crippen LogP contribution is -2.39. The third-order valence-corrected chi connectivity index (χ3v) is 4.38. The Balaban J connectivity index is 2.87. The van der Waals surface area contributed by atoms with Crippen LogP contribution in [0.5, 0.6) is 0 Å². The molecule has 3 N–H and O–H groups in total. The van der Waals surface area contributed by atoms with Crippen LogP contribution < -0.4 is 5.32 Å². The molecule has 28 heavy (non-hydrogen) atoms. The Labute approximate surface area is 164 Å². The van der Waals surface area contributed by atoms with Crippen molar-refractivity contribution in [3.63, 3.8) is 0 Å². The van der Waals surface area contributed by atoms with Gasteiger partial charge in [-0.15, -0.1) is 0 Å². The van der Waals surface area contributed by atoms with E-state index in [1.165, 1.54) is 0 Å². The molecule has 1 aromatic rings. The molecule has 1 aromatic carbocycles. The molecule has 2 atom stereocenters. The Morgan fingerprint density at radius 3 is 2.36 bits per heavy atom. The van der Waals surface area contributed by atoms with E-state index in [4.69, 9.17) is 0 Å². The fraction of sp³-hybridized carbons (Fsp3) is 0.571. The molecule has 4 nitrogen and oxygen atoms in total. The fourth-order valence-corrected chi connectivity index (χ4v) is 2.86. The first-order chi connectivity index (χ1) is 13.0. The average molecular weight is 399 g/mol. The number of alkyl halides is 3. The average Bonchev–Trinajstić information content (AvgIpc) is 2.63. The van der Waals surface area contributed by atoms with Gasteiger partial charge in [0.1, 0.15) is 5.60 Å². The van der Waals surface area contributed by atoms with Gasteiger partial charge in [0.2, 0.25) is 0 Å². The highest BCUT2D eigenvalue weighted by Crippen LogP contribution is 2.23. The monoisotopic (exact) mass is 399 g/mol. The minimum absolute atomic E-state index is 0.317. The quantitative estimate of drug-likeness (QED) is 0.584. The number of benzene rings is 1. The molecule has 0 aliphatic rings. The lowest BCUT2D eigenvalue weighted by atomic mass is 9.92. The molecule has 156 valence electrons. The van der Waals surface area contributed by atoms with Crippen molar-refractivity contribution in [3.8, 4) is 11.8 Å². The second kappa shape index (κ2) is 10.5. The molecule has 0 aliphatic carbocycles.